The van der Waals surface area contributed by atoms with E-state index in [9.17, 15) is 5.11 Å². The Morgan fingerprint density at radius 2 is 1.80 bits per heavy atom. The van der Waals surface area contributed by atoms with Crippen LogP contribution < -0.4 is 9.47 Å². The Hall–Kier alpha value is -1.26. The second kappa shape index (κ2) is 8.82. The van der Waals surface area contributed by atoms with Crippen molar-refractivity contribution < 1.29 is 19.3 Å². The summed E-state index contributed by atoms with van der Waals surface area (Å²) < 4.78 is 16.4. The minimum Gasteiger partial charge on any atom is -0.493 e. The third kappa shape index (κ3) is 5.80. The number of hydrogen-bond donors (Lipinski definition) is 1. The molecule has 1 N–H and O–H groups in total. The number of aliphatic hydroxyl groups is 1. The quantitative estimate of drug-likeness (QED) is 0.707. The summed E-state index contributed by atoms with van der Waals surface area (Å²) in [6.07, 6.45) is 0.546. The van der Waals surface area contributed by atoms with Gasteiger partial charge in [-0.2, -0.15) is 0 Å². The smallest absolute Gasteiger partial charge is 0.161 e. The number of methoxy groups -OCH3 is 1. The molecule has 0 heterocycles. The third-order valence-electron chi connectivity index (χ3n) is 2.99. The normalized spacial score (nSPS) is 12.5. The molecule has 1 atom stereocenters. The largest absolute Gasteiger partial charge is 0.493 e. The molecule has 1 aromatic carbocycles. The highest BCUT2D eigenvalue weighted by Crippen LogP contribution is 2.30. The van der Waals surface area contributed by atoms with Gasteiger partial charge < -0.3 is 19.3 Å². The molecule has 0 saturated heterocycles. The third-order valence-corrected chi connectivity index (χ3v) is 2.99. The lowest BCUT2D eigenvalue weighted by Gasteiger charge is -2.13. The highest BCUT2D eigenvalue weighted by atomic mass is 16.5. The van der Waals surface area contributed by atoms with Crippen LogP contribution in [0.15, 0.2) is 18.2 Å². The Morgan fingerprint density at radius 3 is 2.40 bits per heavy atom. The molecule has 4 heteroatoms. The van der Waals surface area contributed by atoms with Gasteiger partial charge in [-0.15, -0.1) is 0 Å². The van der Waals surface area contributed by atoms with Crippen LogP contribution in [0.25, 0.3) is 0 Å². The van der Waals surface area contributed by atoms with Crippen molar-refractivity contribution in [3.8, 4) is 11.5 Å². The van der Waals surface area contributed by atoms with Crippen molar-refractivity contribution in [2.24, 2.45) is 5.92 Å². The first kappa shape index (κ1) is 16.8. The Bertz CT molecular complexity index is 388. The highest BCUT2D eigenvalue weighted by Gasteiger charge is 2.08. The van der Waals surface area contributed by atoms with Crippen LogP contribution in [0.5, 0.6) is 11.5 Å². The summed E-state index contributed by atoms with van der Waals surface area (Å²) in [4.78, 5) is 0. The van der Waals surface area contributed by atoms with Gasteiger partial charge in [0.1, 0.15) is 6.61 Å². The molecule has 0 bridgehead atoms. The summed E-state index contributed by atoms with van der Waals surface area (Å²) in [5.41, 5.74) is 0.808. The lowest BCUT2D eigenvalue weighted by molar-refractivity contribution is 0.0916. The molecular weight excluding hydrogens is 256 g/mol. The molecular formula is C16H26O4. The molecule has 0 aliphatic carbocycles. The van der Waals surface area contributed by atoms with Crippen molar-refractivity contribution in [2.75, 3.05) is 26.9 Å². The molecule has 0 saturated carbocycles. The predicted molar refractivity (Wildman–Crippen MR) is 79.4 cm³/mol. The van der Waals surface area contributed by atoms with Crippen LogP contribution in [-0.4, -0.2) is 32.0 Å². The monoisotopic (exact) mass is 282 g/mol. The van der Waals surface area contributed by atoms with Gasteiger partial charge in [-0.25, -0.2) is 0 Å². The molecule has 0 radical (unpaired) electrons. The minimum absolute atomic E-state index is 0.489. The molecule has 0 aliphatic heterocycles. The fourth-order valence-corrected chi connectivity index (χ4v) is 1.69. The van der Waals surface area contributed by atoms with Crippen LogP contribution >= 0.6 is 0 Å². The maximum atomic E-state index is 9.54. The molecule has 1 unspecified atom stereocenters. The topological polar surface area (TPSA) is 47.9 Å². The Morgan fingerprint density at radius 1 is 1.05 bits per heavy atom. The zero-order chi connectivity index (χ0) is 15.0. The van der Waals surface area contributed by atoms with E-state index in [0.717, 1.165) is 18.6 Å². The zero-order valence-electron chi connectivity index (χ0n) is 12.9. The molecule has 1 aromatic rings. The van der Waals surface area contributed by atoms with Crippen LogP contribution in [0, 0.1) is 5.92 Å². The van der Waals surface area contributed by atoms with Crippen molar-refractivity contribution in [3.63, 3.8) is 0 Å². The van der Waals surface area contributed by atoms with Gasteiger partial charge in [0.2, 0.25) is 0 Å². The zero-order valence-corrected chi connectivity index (χ0v) is 12.9. The maximum absolute atomic E-state index is 9.54. The van der Waals surface area contributed by atoms with Crippen molar-refractivity contribution >= 4 is 0 Å². The van der Waals surface area contributed by atoms with E-state index in [-0.39, 0.29) is 0 Å². The lowest BCUT2D eigenvalue weighted by atomic mass is 10.1. The standard InChI is InChI=1S/C16H26O4/c1-12(2)7-8-19-9-10-20-15-6-5-14(13(3)17)11-16(15)18-4/h5-6,11-13,17H,7-10H2,1-4H3. The second-order valence-corrected chi connectivity index (χ2v) is 5.23. The van der Waals surface area contributed by atoms with E-state index < -0.39 is 6.10 Å². The molecule has 20 heavy (non-hydrogen) atoms. The summed E-state index contributed by atoms with van der Waals surface area (Å²) in [7, 11) is 1.59. The van der Waals surface area contributed by atoms with E-state index in [1.807, 2.05) is 12.1 Å². The van der Waals surface area contributed by atoms with Crippen molar-refractivity contribution in [1.29, 1.82) is 0 Å². The average molecular weight is 282 g/mol. The van der Waals surface area contributed by atoms with Crippen LogP contribution in [0.2, 0.25) is 0 Å². The van der Waals surface area contributed by atoms with Crippen LogP contribution in [0.1, 0.15) is 38.9 Å². The molecule has 0 spiro atoms. The summed E-state index contributed by atoms with van der Waals surface area (Å²) in [6, 6.07) is 5.44. The van der Waals surface area contributed by atoms with Gasteiger partial charge in [-0.05, 0) is 37.0 Å². The fraction of sp³-hybridized carbons (Fsp3) is 0.625. The molecule has 4 nitrogen and oxygen atoms in total. The van der Waals surface area contributed by atoms with Crippen LogP contribution in [0.4, 0.5) is 0 Å². The number of ether oxygens (including phenoxy) is 3. The number of benzene rings is 1. The summed E-state index contributed by atoms with van der Waals surface area (Å²) >= 11 is 0. The van der Waals surface area contributed by atoms with Crippen LogP contribution in [-0.2, 0) is 4.74 Å². The molecule has 0 fully saturated rings. The van der Waals surface area contributed by atoms with E-state index in [1.165, 1.54) is 0 Å². The Kier molecular flexibility index (Phi) is 7.41. The van der Waals surface area contributed by atoms with Crippen molar-refractivity contribution in [2.45, 2.75) is 33.3 Å². The van der Waals surface area contributed by atoms with Gasteiger partial charge >= 0.3 is 0 Å². The fourth-order valence-electron chi connectivity index (χ4n) is 1.69. The number of aliphatic hydroxyl groups excluding tert-OH is 1. The molecule has 0 amide bonds. The summed E-state index contributed by atoms with van der Waals surface area (Å²) in [6.45, 7) is 7.89. The predicted octanol–water partition coefficient (Wildman–Crippen LogP) is 3.19. The van der Waals surface area contributed by atoms with Gasteiger partial charge in [-0.1, -0.05) is 19.9 Å². The Balaban J connectivity index is 2.40. The minimum atomic E-state index is -0.516. The summed E-state index contributed by atoms with van der Waals surface area (Å²) in [5, 5.41) is 9.54. The van der Waals surface area contributed by atoms with Gasteiger partial charge in [0.25, 0.3) is 0 Å². The first-order chi connectivity index (χ1) is 9.54. The first-order valence-electron chi connectivity index (χ1n) is 7.11. The number of hydrogen-bond acceptors (Lipinski definition) is 4. The van der Waals surface area contributed by atoms with Crippen molar-refractivity contribution in [1.82, 2.24) is 0 Å². The SMILES string of the molecule is COc1cc(C(C)O)ccc1OCCOCCC(C)C. The average Bonchev–Trinajstić information content (AvgIpc) is 2.42. The van der Waals surface area contributed by atoms with E-state index in [4.69, 9.17) is 14.2 Å². The first-order valence-corrected chi connectivity index (χ1v) is 7.11. The van der Waals surface area contributed by atoms with E-state index in [0.29, 0.717) is 30.6 Å². The molecule has 1 rings (SSSR count). The highest BCUT2D eigenvalue weighted by molar-refractivity contribution is 5.43. The summed E-state index contributed by atoms with van der Waals surface area (Å²) in [5.74, 6) is 1.96. The van der Waals surface area contributed by atoms with E-state index in [1.54, 1.807) is 20.1 Å². The van der Waals surface area contributed by atoms with E-state index in [2.05, 4.69) is 13.8 Å². The van der Waals surface area contributed by atoms with Crippen molar-refractivity contribution in [3.05, 3.63) is 23.8 Å². The molecule has 0 aromatic heterocycles. The molecule has 114 valence electrons. The second-order valence-electron chi connectivity index (χ2n) is 5.23. The van der Waals surface area contributed by atoms with Gasteiger partial charge in [-0.3, -0.25) is 0 Å². The lowest BCUT2D eigenvalue weighted by Crippen LogP contribution is -2.09. The van der Waals surface area contributed by atoms with E-state index >= 15 is 0 Å². The van der Waals surface area contributed by atoms with Gasteiger partial charge in [0, 0.05) is 6.61 Å². The molecule has 0 aliphatic rings. The van der Waals surface area contributed by atoms with Gasteiger partial charge in [0.15, 0.2) is 11.5 Å². The van der Waals surface area contributed by atoms with Crippen LogP contribution in [0.3, 0.4) is 0 Å². The van der Waals surface area contributed by atoms with Gasteiger partial charge in [0.05, 0.1) is 19.8 Å². The number of rotatable bonds is 9. The maximum Gasteiger partial charge on any atom is 0.161 e. The Labute approximate surface area is 121 Å².